The zero-order chi connectivity index (χ0) is 20.9. The van der Waals surface area contributed by atoms with E-state index in [9.17, 15) is 13.2 Å². The lowest BCUT2D eigenvalue weighted by Crippen LogP contribution is -2.29. The number of ether oxygens (including phenoxy) is 1. The van der Waals surface area contributed by atoms with Gasteiger partial charge in [0, 0.05) is 24.5 Å². The summed E-state index contributed by atoms with van der Waals surface area (Å²) in [5.41, 5.74) is 1.24. The Morgan fingerprint density at radius 2 is 1.93 bits per heavy atom. The molecule has 0 unspecified atom stereocenters. The Kier molecular flexibility index (Phi) is 7.21. The molecule has 1 amide bonds. The Hall–Kier alpha value is -2.03. The number of nitrogens with zero attached hydrogens (tertiary/aromatic N) is 1. The molecule has 3 rings (SSSR count). The molecule has 156 valence electrons. The Bertz CT molecular complexity index is 970. The third kappa shape index (κ3) is 5.32. The maximum atomic E-state index is 12.9. The van der Waals surface area contributed by atoms with Crippen LogP contribution in [-0.2, 0) is 16.6 Å². The number of sulfonamides is 1. The third-order valence-electron chi connectivity index (χ3n) is 4.78. The van der Waals surface area contributed by atoms with E-state index in [0.29, 0.717) is 17.9 Å². The van der Waals surface area contributed by atoms with E-state index in [0.717, 1.165) is 36.4 Å². The van der Waals surface area contributed by atoms with Gasteiger partial charge in [-0.25, -0.2) is 13.1 Å². The van der Waals surface area contributed by atoms with Crippen molar-refractivity contribution in [2.24, 2.45) is 0 Å². The molecule has 1 aliphatic rings. The van der Waals surface area contributed by atoms with Crippen molar-refractivity contribution in [2.45, 2.75) is 36.1 Å². The average molecular weight is 435 g/mol. The summed E-state index contributed by atoms with van der Waals surface area (Å²) in [6, 6.07) is 12.1. The number of benzene rings is 2. The van der Waals surface area contributed by atoms with Gasteiger partial charge in [-0.2, -0.15) is 0 Å². The SMILES string of the molecule is CCOc1cccc(CNS(=O)(=O)c2ccc(SC)c(C(=O)N3CCCC3)c2)c1. The van der Waals surface area contributed by atoms with Crippen molar-refractivity contribution in [1.29, 1.82) is 0 Å². The molecule has 1 N–H and O–H groups in total. The lowest BCUT2D eigenvalue weighted by Gasteiger charge is -2.18. The summed E-state index contributed by atoms with van der Waals surface area (Å²) in [5, 5.41) is 0. The van der Waals surface area contributed by atoms with E-state index < -0.39 is 10.0 Å². The van der Waals surface area contributed by atoms with Crippen LogP contribution in [0.1, 0.15) is 35.7 Å². The van der Waals surface area contributed by atoms with Gasteiger partial charge in [-0.1, -0.05) is 12.1 Å². The Balaban J connectivity index is 1.80. The number of thioether (sulfide) groups is 1. The van der Waals surface area contributed by atoms with Crippen LogP contribution in [0.4, 0.5) is 0 Å². The number of hydrogen-bond donors (Lipinski definition) is 1. The van der Waals surface area contributed by atoms with Gasteiger partial charge in [-0.05, 0) is 61.9 Å². The maximum Gasteiger partial charge on any atom is 0.255 e. The topological polar surface area (TPSA) is 75.7 Å². The van der Waals surface area contributed by atoms with Gasteiger partial charge in [-0.15, -0.1) is 11.8 Å². The highest BCUT2D eigenvalue weighted by Crippen LogP contribution is 2.26. The van der Waals surface area contributed by atoms with Crippen molar-refractivity contribution in [2.75, 3.05) is 26.0 Å². The minimum atomic E-state index is -3.76. The summed E-state index contributed by atoms with van der Waals surface area (Å²) in [5.74, 6) is 0.598. The number of amides is 1. The average Bonchev–Trinajstić information content (AvgIpc) is 3.27. The lowest BCUT2D eigenvalue weighted by molar-refractivity contribution is 0.0789. The van der Waals surface area contributed by atoms with Crippen LogP contribution in [0.2, 0.25) is 0 Å². The highest BCUT2D eigenvalue weighted by atomic mass is 32.2. The van der Waals surface area contributed by atoms with Crippen molar-refractivity contribution in [3.63, 3.8) is 0 Å². The molecule has 1 heterocycles. The predicted octanol–water partition coefficient (Wildman–Crippen LogP) is 3.52. The van der Waals surface area contributed by atoms with Gasteiger partial charge in [0.2, 0.25) is 10.0 Å². The summed E-state index contributed by atoms with van der Waals surface area (Å²) in [6.45, 7) is 4.03. The molecule has 1 saturated heterocycles. The number of nitrogens with one attached hydrogen (secondary N) is 1. The third-order valence-corrected chi connectivity index (χ3v) is 6.98. The van der Waals surface area contributed by atoms with Gasteiger partial charge >= 0.3 is 0 Å². The highest BCUT2D eigenvalue weighted by Gasteiger charge is 2.24. The number of carbonyl (C=O) groups is 1. The maximum absolute atomic E-state index is 12.9. The molecule has 0 radical (unpaired) electrons. The monoisotopic (exact) mass is 434 g/mol. The first-order valence-corrected chi connectivity index (χ1v) is 12.3. The van der Waals surface area contributed by atoms with Crippen LogP contribution in [-0.4, -0.2) is 45.2 Å². The molecule has 29 heavy (non-hydrogen) atoms. The van der Waals surface area contributed by atoms with Gasteiger partial charge in [0.1, 0.15) is 5.75 Å². The molecule has 8 heteroatoms. The molecular weight excluding hydrogens is 408 g/mol. The Morgan fingerprint density at radius 3 is 2.62 bits per heavy atom. The van der Waals surface area contributed by atoms with Crippen LogP contribution in [0, 0.1) is 0 Å². The fourth-order valence-electron chi connectivity index (χ4n) is 3.29. The molecule has 1 fully saturated rings. The Morgan fingerprint density at radius 1 is 1.17 bits per heavy atom. The summed E-state index contributed by atoms with van der Waals surface area (Å²) in [7, 11) is -3.76. The summed E-state index contributed by atoms with van der Waals surface area (Å²) < 4.78 is 33.8. The van der Waals surface area contributed by atoms with Crippen molar-refractivity contribution in [3.05, 3.63) is 53.6 Å². The largest absolute Gasteiger partial charge is 0.494 e. The molecule has 0 aromatic heterocycles. The van der Waals surface area contributed by atoms with Crippen LogP contribution in [0.3, 0.4) is 0 Å². The van der Waals surface area contributed by atoms with Crippen LogP contribution in [0.5, 0.6) is 5.75 Å². The Labute approximate surface area is 176 Å². The zero-order valence-corrected chi connectivity index (χ0v) is 18.3. The van der Waals surface area contributed by atoms with Gasteiger partial charge in [-0.3, -0.25) is 4.79 Å². The summed E-state index contributed by atoms with van der Waals surface area (Å²) in [6.07, 6.45) is 3.86. The predicted molar refractivity (Wildman–Crippen MR) is 115 cm³/mol. The van der Waals surface area contributed by atoms with E-state index in [1.54, 1.807) is 17.0 Å². The molecular formula is C21H26N2O4S2. The number of rotatable bonds is 8. The standard InChI is InChI=1S/C21H26N2O4S2/c1-3-27-17-8-6-7-16(13-17)15-22-29(25,26)18-9-10-20(28-2)19(14-18)21(24)23-11-4-5-12-23/h6-10,13-14,22H,3-5,11-12,15H2,1-2H3. The van der Waals surface area contributed by atoms with E-state index in [-0.39, 0.29) is 17.3 Å². The summed E-state index contributed by atoms with van der Waals surface area (Å²) >= 11 is 1.44. The minimum absolute atomic E-state index is 0.0961. The summed E-state index contributed by atoms with van der Waals surface area (Å²) in [4.78, 5) is 15.5. The molecule has 0 atom stereocenters. The van der Waals surface area contributed by atoms with Crippen molar-refractivity contribution < 1.29 is 17.9 Å². The molecule has 0 aliphatic carbocycles. The molecule has 2 aromatic carbocycles. The van der Waals surface area contributed by atoms with Crippen LogP contribution in [0.25, 0.3) is 0 Å². The molecule has 1 aliphatic heterocycles. The van der Waals surface area contributed by atoms with Gasteiger partial charge < -0.3 is 9.64 Å². The normalized spacial score (nSPS) is 14.2. The molecule has 0 bridgehead atoms. The van der Waals surface area contributed by atoms with Crippen LogP contribution in [0.15, 0.2) is 52.3 Å². The lowest BCUT2D eigenvalue weighted by atomic mass is 10.2. The second-order valence-electron chi connectivity index (χ2n) is 6.77. The quantitative estimate of drug-likeness (QED) is 0.644. The first-order chi connectivity index (χ1) is 13.9. The fourth-order valence-corrected chi connectivity index (χ4v) is 4.90. The molecule has 2 aromatic rings. The second-order valence-corrected chi connectivity index (χ2v) is 9.38. The smallest absolute Gasteiger partial charge is 0.255 e. The highest BCUT2D eigenvalue weighted by molar-refractivity contribution is 7.98. The van der Waals surface area contributed by atoms with Crippen LogP contribution < -0.4 is 9.46 Å². The fraction of sp³-hybridized carbons (Fsp3) is 0.381. The number of hydrogen-bond acceptors (Lipinski definition) is 5. The molecule has 6 nitrogen and oxygen atoms in total. The van der Waals surface area contributed by atoms with E-state index in [4.69, 9.17) is 4.74 Å². The van der Waals surface area contributed by atoms with Crippen molar-refractivity contribution in [3.8, 4) is 5.75 Å². The van der Waals surface area contributed by atoms with Crippen LogP contribution >= 0.6 is 11.8 Å². The molecule has 0 saturated carbocycles. The zero-order valence-electron chi connectivity index (χ0n) is 16.7. The van der Waals surface area contributed by atoms with Crippen molar-refractivity contribution >= 4 is 27.7 Å². The first-order valence-electron chi connectivity index (χ1n) is 9.63. The van der Waals surface area contributed by atoms with Gasteiger partial charge in [0.05, 0.1) is 17.1 Å². The molecule has 0 spiro atoms. The van der Waals surface area contributed by atoms with Gasteiger partial charge in [0.15, 0.2) is 0 Å². The second kappa shape index (κ2) is 9.65. The van der Waals surface area contributed by atoms with Crippen molar-refractivity contribution in [1.82, 2.24) is 9.62 Å². The van der Waals surface area contributed by atoms with E-state index in [1.807, 2.05) is 37.4 Å². The number of carbonyl (C=O) groups excluding carboxylic acids is 1. The van der Waals surface area contributed by atoms with E-state index in [2.05, 4.69) is 4.72 Å². The van der Waals surface area contributed by atoms with Gasteiger partial charge in [0.25, 0.3) is 5.91 Å². The van der Waals surface area contributed by atoms with E-state index in [1.165, 1.54) is 17.8 Å². The minimum Gasteiger partial charge on any atom is -0.494 e. The number of likely N-dealkylation sites (tertiary alicyclic amines) is 1. The first kappa shape index (κ1) is 21.7. The van der Waals surface area contributed by atoms with E-state index >= 15 is 0 Å².